The normalized spacial score (nSPS) is 10.8. The minimum atomic E-state index is -1.56. The van der Waals surface area contributed by atoms with E-state index in [9.17, 15) is 4.79 Å². The van der Waals surface area contributed by atoms with Crippen LogP contribution in [0.1, 0.15) is 47.8 Å². The highest BCUT2D eigenvalue weighted by Crippen LogP contribution is 2.20. The summed E-state index contributed by atoms with van der Waals surface area (Å²) in [5, 5.41) is 3.02. The third kappa shape index (κ3) is 5.50. The predicted octanol–water partition coefficient (Wildman–Crippen LogP) is 5.33. The summed E-state index contributed by atoms with van der Waals surface area (Å²) in [6.45, 7) is 9.20. The zero-order chi connectivity index (χ0) is 20.6. The van der Waals surface area contributed by atoms with Crippen LogP contribution in [-0.4, -0.2) is 21.1 Å². The van der Waals surface area contributed by atoms with Gasteiger partial charge in [-0.15, -0.1) is 5.54 Å². The number of rotatable bonds is 7. The molecule has 0 unspecified atom stereocenters. The SMILES string of the molecule is CC[Si](C#Cc1ccc(C)cc1C(=O)NCc1ccc(OC)cc1)(CC)CC. The number of carbonyl (C=O) groups excluding carboxylic acids is 1. The molecule has 2 rings (SSSR count). The molecule has 0 fully saturated rings. The minimum absolute atomic E-state index is 0.0828. The molecule has 0 aliphatic heterocycles. The third-order valence-electron chi connectivity index (χ3n) is 5.52. The first-order chi connectivity index (χ1) is 13.5. The van der Waals surface area contributed by atoms with Crippen molar-refractivity contribution in [2.24, 2.45) is 0 Å². The van der Waals surface area contributed by atoms with Gasteiger partial charge in [-0.1, -0.05) is 50.5 Å². The van der Waals surface area contributed by atoms with Crippen molar-refractivity contribution in [1.82, 2.24) is 5.32 Å². The van der Waals surface area contributed by atoms with E-state index in [-0.39, 0.29) is 5.91 Å². The van der Waals surface area contributed by atoms with Crippen molar-refractivity contribution in [3.05, 3.63) is 64.7 Å². The highest BCUT2D eigenvalue weighted by atomic mass is 28.3. The number of nitrogens with one attached hydrogen (secondary N) is 1. The van der Waals surface area contributed by atoms with Gasteiger partial charge in [-0.05, 0) is 54.9 Å². The Morgan fingerprint density at radius 2 is 1.68 bits per heavy atom. The van der Waals surface area contributed by atoms with Crippen LogP contribution in [0.4, 0.5) is 0 Å². The summed E-state index contributed by atoms with van der Waals surface area (Å²) < 4.78 is 5.18. The van der Waals surface area contributed by atoms with E-state index in [2.05, 4.69) is 37.6 Å². The monoisotopic (exact) mass is 393 g/mol. The predicted molar refractivity (Wildman–Crippen MR) is 119 cm³/mol. The summed E-state index contributed by atoms with van der Waals surface area (Å²) in [6, 6.07) is 17.1. The smallest absolute Gasteiger partial charge is 0.252 e. The Hall–Kier alpha value is -2.51. The Kier molecular flexibility index (Phi) is 7.89. The van der Waals surface area contributed by atoms with Crippen LogP contribution < -0.4 is 10.1 Å². The number of hydrogen-bond donors (Lipinski definition) is 1. The molecule has 0 aliphatic rings. The van der Waals surface area contributed by atoms with E-state index >= 15 is 0 Å². The first-order valence-corrected chi connectivity index (χ1v) is 12.6. The van der Waals surface area contributed by atoms with Crippen molar-refractivity contribution in [2.45, 2.75) is 52.4 Å². The lowest BCUT2D eigenvalue weighted by molar-refractivity contribution is 0.0950. The van der Waals surface area contributed by atoms with Crippen LogP contribution in [0.3, 0.4) is 0 Å². The van der Waals surface area contributed by atoms with Crippen LogP contribution >= 0.6 is 0 Å². The van der Waals surface area contributed by atoms with Crippen molar-refractivity contribution in [2.75, 3.05) is 7.11 Å². The van der Waals surface area contributed by atoms with Crippen LogP contribution in [-0.2, 0) is 6.54 Å². The molecule has 0 spiro atoms. The molecular weight excluding hydrogens is 362 g/mol. The molecule has 148 valence electrons. The molecule has 0 radical (unpaired) electrons. The first kappa shape index (κ1) is 21.8. The number of aryl methyl sites for hydroxylation is 1. The van der Waals surface area contributed by atoms with Crippen molar-refractivity contribution in [3.63, 3.8) is 0 Å². The highest BCUT2D eigenvalue weighted by Gasteiger charge is 2.24. The molecule has 0 aromatic heterocycles. The van der Waals surface area contributed by atoms with Gasteiger partial charge < -0.3 is 10.1 Å². The molecule has 3 nitrogen and oxygen atoms in total. The lowest BCUT2D eigenvalue weighted by Crippen LogP contribution is -2.29. The Morgan fingerprint density at radius 1 is 1.04 bits per heavy atom. The van der Waals surface area contributed by atoms with Gasteiger partial charge in [0.25, 0.3) is 5.91 Å². The Labute approximate surface area is 170 Å². The fourth-order valence-electron chi connectivity index (χ4n) is 3.19. The van der Waals surface area contributed by atoms with Crippen LogP contribution in [0, 0.1) is 18.4 Å². The van der Waals surface area contributed by atoms with E-state index in [1.807, 2.05) is 49.4 Å². The fraction of sp³-hybridized carbons (Fsp3) is 0.375. The van der Waals surface area contributed by atoms with E-state index in [1.165, 1.54) is 0 Å². The number of hydrogen-bond acceptors (Lipinski definition) is 2. The largest absolute Gasteiger partial charge is 0.497 e. The van der Waals surface area contributed by atoms with E-state index in [0.29, 0.717) is 12.1 Å². The van der Waals surface area contributed by atoms with Crippen LogP contribution in [0.25, 0.3) is 0 Å². The molecule has 0 saturated heterocycles. The summed E-state index contributed by atoms with van der Waals surface area (Å²) >= 11 is 0. The molecular formula is C24H31NO2Si. The minimum Gasteiger partial charge on any atom is -0.497 e. The van der Waals surface area contributed by atoms with Gasteiger partial charge in [-0.2, -0.15) is 0 Å². The average Bonchev–Trinajstić information content (AvgIpc) is 2.74. The molecule has 4 heteroatoms. The van der Waals surface area contributed by atoms with E-state index in [4.69, 9.17) is 4.74 Å². The Balaban J connectivity index is 2.22. The van der Waals surface area contributed by atoms with Crippen molar-refractivity contribution >= 4 is 14.0 Å². The lowest BCUT2D eigenvalue weighted by Gasteiger charge is -2.20. The summed E-state index contributed by atoms with van der Waals surface area (Å²) in [5.74, 6) is 4.09. The van der Waals surface area contributed by atoms with Crippen molar-refractivity contribution < 1.29 is 9.53 Å². The van der Waals surface area contributed by atoms with Gasteiger partial charge in [0.05, 0.1) is 12.7 Å². The molecule has 2 aromatic carbocycles. The number of carbonyl (C=O) groups is 1. The standard InChI is InChI=1S/C24H31NO2Si/c1-6-28(7-2,8-3)16-15-21-12-9-19(4)17-23(21)24(26)25-18-20-10-13-22(27-5)14-11-20/h9-14,17H,6-8,18H2,1-5H3,(H,25,26). The molecule has 28 heavy (non-hydrogen) atoms. The average molecular weight is 394 g/mol. The topological polar surface area (TPSA) is 38.3 Å². The summed E-state index contributed by atoms with van der Waals surface area (Å²) in [4.78, 5) is 12.9. The molecule has 0 atom stereocenters. The maximum atomic E-state index is 12.9. The fourth-order valence-corrected chi connectivity index (χ4v) is 5.62. The number of ether oxygens (including phenoxy) is 1. The van der Waals surface area contributed by atoms with E-state index < -0.39 is 8.07 Å². The third-order valence-corrected chi connectivity index (χ3v) is 10.2. The molecule has 0 bridgehead atoms. The van der Waals surface area contributed by atoms with Crippen LogP contribution in [0.5, 0.6) is 5.75 Å². The van der Waals surface area contributed by atoms with E-state index in [0.717, 1.165) is 40.6 Å². The zero-order valence-corrected chi connectivity index (χ0v) is 18.7. The van der Waals surface area contributed by atoms with Gasteiger partial charge in [0.2, 0.25) is 0 Å². The number of methoxy groups -OCH3 is 1. The van der Waals surface area contributed by atoms with Gasteiger partial charge in [0.1, 0.15) is 13.8 Å². The van der Waals surface area contributed by atoms with Crippen LogP contribution in [0.2, 0.25) is 18.1 Å². The zero-order valence-electron chi connectivity index (χ0n) is 17.7. The Morgan fingerprint density at radius 3 is 2.25 bits per heavy atom. The van der Waals surface area contributed by atoms with Gasteiger partial charge in [-0.3, -0.25) is 4.79 Å². The molecule has 2 aromatic rings. The van der Waals surface area contributed by atoms with Gasteiger partial charge in [-0.25, -0.2) is 0 Å². The quantitative estimate of drug-likeness (QED) is 0.510. The molecule has 1 N–H and O–H groups in total. The number of amides is 1. The Bertz CT molecular complexity index is 850. The van der Waals surface area contributed by atoms with E-state index in [1.54, 1.807) is 7.11 Å². The van der Waals surface area contributed by atoms with Gasteiger partial charge in [0.15, 0.2) is 0 Å². The summed E-state index contributed by atoms with van der Waals surface area (Å²) in [6.07, 6.45) is 0. The van der Waals surface area contributed by atoms with Gasteiger partial charge in [0, 0.05) is 12.1 Å². The second-order valence-electron chi connectivity index (χ2n) is 7.17. The maximum absolute atomic E-state index is 12.9. The van der Waals surface area contributed by atoms with Gasteiger partial charge >= 0.3 is 0 Å². The number of benzene rings is 2. The molecule has 1 amide bonds. The molecule has 0 saturated carbocycles. The van der Waals surface area contributed by atoms with Crippen LogP contribution in [0.15, 0.2) is 42.5 Å². The summed E-state index contributed by atoms with van der Waals surface area (Å²) in [7, 11) is 0.0867. The van der Waals surface area contributed by atoms with Crippen molar-refractivity contribution in [3.8, 4) is 17.2 Å². The molecule has 0 heterocycles. The first-order valence-electron chi connectivity index (χ1n) is 10.0. The highest BCUT2D eigenvalue weighted by molar-refractivity contribution is 6.87. The maximum Gasteiger partial charge on any atom is 0.252 e. The lowest BCUT2D eigenvalue weighted by atomic mass is 10.0. The van der Waals surface area contributed by atoms with Crippen molar-refractivity contribution in [1.29, 1.82) is 0 Å². The second kappa shape index (κ2) is 10.1. The summed E-state index contributed by atoms with van der Waals surface area (Å²) in [5.41, 5.74) is 7.17. The second-order valence-corrected chi connectivity index (χ2v) is 12.1. The molecule has 0 aliphatic carbocycles.